The Hall–Kier alpha value is -1.82. The van der Waals surface area contributed by atoms with Crippen LogP contribution in [0.2, 0.25) is 0 Å². The van der Waals surface area contributed by atoms with Crippen LogP contribution in [0.5, 0.6) is 0 Å². The monoisotopic (exact) mass is 263 g/mol. The van der Waals surface area contributed by atoms with Crippen LogP contribution >= 0.6 is 0 Å². The highest BCUT2D eigenvalue weighted by Gasteiger charge is 2.18. The summed E-state index contributed by atoms with van der Waals surface area (Å²) in [4.78, 5) is 8.79. The van der Waals surface area contributed by atoms with E-state index in [1.807, 2.05) is 23.8 Å². The Morgan fingerprint density at radius 3 is 2.89 bits per heavy atom. The zero-order chi connectivity index (χ0) is 13.9. The molecule has 0 unspecified atom stereocenters. The smallest absolute Gasteiger partial charge is 0.180 e. The third-order valence-electron chi connectivity index (χ3n) is 3.15. The van der Waals surface area contributed by atoms with Crippen LogP contribution in [0, 0.1) is 5.41 Å². The number of aromatic nitrogens is 3. The summed E-state index contributed by atoms with van der Waals surface area (Å²) in [6, 6.07) is 0. The molecule has 2 heterocycles. The highest BCUT2D eigenvalue weighted by atomic mass is 16.3. The van der Waals surface area contributed by atoms with Gasteiger partial charge >= 0.3 is 0 Å². The van der Waals surface area contributed by atoms with Crippen molar-refractivity contribution in [3.63, 3.8) is 0 Å². The summed E-state index contributed by atoms with van der Waals surface area (Å²) in [5, 5.41) is 15.4. The average molecular weight is 263 g/mol. The van der Waals surface area contributed by atoms with Crippen LogP contribution in [-0.4, -0.2) is 39.7 Å². The number of nitrogens with zero attached hydrogens (tertiary/aromatic N) is 3. The van der Waals surface area contributed by atoms with Crippen molar-refractivity contribution in [2.24, 2.45) is 5.41 Å². The maximum atomic E-state index is 9.05. The molecular weight excluding hydrogens is 242 g/mol. The van der Waals surface area contributed by atoms with Gasteiger partial charge < -0.3 is 20.1 Å². The molecule has 6 heteroatoms. The molecule has 19 heavy (non-hydrogen) atoms. The molecule has 0 fully saturated rings. The Labute approximate surface area is 112 Å². The van der Waals surface area contributed by atoms with Gasteiger partial charge in [0.15, 0.2) is 11.5 Å². The van der Waals surface area contributed by atoms with E-state index in [2.05, 4.69) is 34.4 Å². The van der Waals surface area contributed by atoms with E-state index in [-0.39, 0.29) is 12.0 Å². The third kappa shape index (κ3) is 3.14. The number of rotatable bonds is 6. The van der Waals surface area contributed by atoms with Gasteiger partial charge in [-0.05, 0) is 11.8 Å². The standard InChI is InChI=1S/C13H21N5O/c1-13(2,4-7-19)9-16-11-12-15-5-6-18(12)8-10(14-3)17-11/h5-6,8,14,19H,4,7,9H2,1-3H3,(H,16,17). The maximum absolute atomic E-state index is 9.05. The molecule has 0 amide bonds. The second-order valence-corrected chi connectivity index (χ2v) is 5.37. The van der Waals surface area contributed by atoms with Gasteiger partial charge in [-0.1, -0.05) is 13.8 Å². The number of fused-ring (bicyclic) bond motifs is 1. The van der Waals surface area contributed by atoms with Crippen molar-refractivity contribution in [1.29, 1.82) is 0 Å². The Kier molecular flexibility index (Phi) is 3.90. The van der Waals surface area contributed by atoms with Gasteiger partial charge in [-0.2, -0.15) is 0 Å². The summed E-state index contributed by atoms with van der Waals surface area (Å²) in [6.45, 7) is 5.15. The van der Waals surface area contributed by atoms with E-state index in [0.29, 0.717) is 0 Å². The van der Waals surface area contributed by atoms with Gasteiger partial charge in [0.25, 0.3) is 0 Å². The van der Waals surface area contributed by atoms with Crippen LogP contribution in [0.25, 0.3) is 5.65 Å². The summed E-state index contributed by atoms with van der Waals surface area (Å²) in [5.74, 6) is 1.54. The van der Waals surface area contributed by atoms with Crippen LogP contribution in [0.15, 0.2) is 18.6 Å². The highest BCUT2D eigenvalue weighted by molar-refractivity contribution is 5.65. The molecule has 0 aliphatic rings. The molecule has 3 N–H and O–H groups in total. The van der Waals surface area contributed by atoms with Crippen LogP contribution in [0.1, 0.15) is 20.3 Å². The normalized spacial score (nSPS) is 11.8. The Morgan fingerprint density at radius 1 is 1.42 bits per heavy atom. The van der Waals surface area contributed by atoms with E-state index in [9.17, 15) is 0 Å². The van der Waals surface area contributed by atoms with Crippen molar-refractivity contribution in [3.05, 3.63) is 18.6 Å². The first-order valence-electron chi connectivity index (χ1n) is 6.42. The SMILES string of the molecule is CNc1cn2ccnc2c(NCC(C)(C)CCO)n1. The summed E-state index contributed by atoms with van der Waals surface area (Å²) in [5.41, 5.74) is 0.814. The molecule has 2 aromatic heterocycles. The minimum Gasteiger partial charge on any atom is -0.396 e. The van der Waals surface area contributed by atoms with Crippen molar-refractivity contribution in [2.45, 2.75) is 20.3 Å². The van der Waals surface area contributed by atoms with E-state index < -0.39 is 0 Å². The van der Waals surface area contributed by atoms with Gasteiger partial charge in [0, 0.05) is 32.6 Å². The fourth-order valence-corrected chi connectivity index (χ4v) is 1.88. The summed E-state index contributed by atoms with van der Waals surface area (Å²) >= 11 is 0. The van der Waals surface area contributed by atoms with Crippen molar-refractivity contribution >= 4 is 17.3 Å². The first kappa shape index (κ1) is 13.6. The summed E-state index contributed by atoms with van der Waals surface area (Å²) in [6.07, 6.45) is 6.28. The molecular formula is C13H21N5O. The molecule has 0 radical (unpaired) electrons. The molecule has 0 aliphatic heterocycles. The molecule has 0 aliphatic carbocycles. The average Bonchev–Trinajstić information content (AvgIpc) is 2.83. The van der Waals surface area contributed by atoms with Gasteiger partial charge in [-0.15, -0.1) is 0 Å². The molecule has 2 aromatic rings. The number of anilines is 2. The largest absolute Gasteiger partial charge is 0.396 e. The first-order chi connectivity index (χ1) is 9.05. The lowest BCUT2D eigenvalue weighted by Gasteiger charge is -2.24. The lowest BCUT2D eigenvalue weighted by atomic mass is 9.90. The van der Waals surface area contributed by atoms with Crippen molar-refractivity contribution in [2.75, 3.05) is 30.8 Å². The molecule has 0 spiro atoms. The zero-order valence-corrected chi connectivity index (χ0v) is 11.6. The van der Waals surface area contributed by atoms with Crippen molar-refractivity contribution in [1.82, 2.24) is 14.4 Å². The fraction of sp³-hybridized carbons (Fsp3) is 0.538. The number of imidazole rings is 1. The van der Waals surface area contributed by atoms with E-state index in [0.717, 1.165) is 30.2 Å². The van der Waals surface area contributed by atoms with Crippen LogP contribution in [0.3, 0.4) is 0 Å². The zero-order valence-electron chi connectivity index (χ0n) is 11.6. The lowest BCUT2D eigenvalue weighted by molar-refractivity contribution is 0.220. The predicted octanol–water partition coefficient (Wildman–Crippen LogP) is 1.59. The van der Waals surface area contributed by atoms with Gasteiger partial charge in [-0.25, -0.2) is 9.97 Å². The number of hydrogen-bond acceptors (Lipinski definition) is 5. The molecule has 0 bridgehead atoms. The third-order valence-corrected chi connectivity index (χ3v) is 3.15. The second kappa shape index (κ2) is 5.44. The molecule has 0 atom stereocenters. The van der Waals surface area contributed by atoms with E-state index in [1.54, 1.807) is 6.20 Å². The highest BCUT2D eigenvalue weighted by Crippen LogP contribution is 2.22. The molecule has 104 valence electrons. The Morgan fingerprint density at radius 2 is 2.21 bits per heavy atom. The van der Waals surface area contributed by atoms with Gasteiger partial charge in [0.2, 0.25) is 0 Å². The Bertz CT molecular complexity index is 549. The van der Waals surface area contributed by atoms with Crippen LogP contribution < -0.4 is 10.6 Å². The lowest BCUT2D eigenvalue weighted by Crippen LogP contribution is -2.25. The molecule has 2 rings (SSSR count). The van der Waals surface area contributed by atoms with Gasteiger partial charge in [-0.3, -0.25) is 0 Å². The van der Waals surface area contributed by atoms with E-state index in [4.69, 9.17) is 5.11 Å². The van der Waals surface area contributed by atoms with E-state index >= 15 is 0 Å². The van der Waals surface area contributed by atoms with Crippen LogP contribution in [-0.2, 0) is 0 Å². The van der Waals surface area contributed by atoms with E-state index in [1.165, 1.54) is 0 Å². The maximum Gasteiger partial charge on any atom is 0.180 e. The minimum absolute atomic E-state index is 0.00958. The van der Waals surface area contributed by atoms with Crippen molar-refractivity contribution in [3.8, 4) is 0 Å². The predicted molar refractivity (Wildman–Crippen MR) is 76.5 cm³/mol. The number of aliphatic hydroxyl groups is 1. The van der Waals surface area contributed by atoms with Gasteiger partial charge in [0.05, 0.1) is 6.20 Å². The summed E-state index contributed by atoms with van der Waals surface area (Å²) in [7, 11) is 1.84. The topological polar surface area (TPSA) is 74.5 Å². The number of aliphatic hydroxyl groups excluding tert-OH is 1. The number of nitrogens with one attached hydrogen (secondary N) is 2. The number of hydrogen-bond donors (Lipinski definition) is 3. The Balaban J connectivity index is 2.22. The summed E-state index contributed by atoms with van der Waals surface area (Å²) < 4.78 is 1.93. The first-order valence-corrected chi connectivity index (χ1v) is 6.42. The quantitative estimate of drug-likeness (QED) is 0.738. The fourth-order valence-electron chi connectivity index (χ4n) is 1.88. The van der Waals surface area contributed by atoms with Crippen molar-refractivity contribution < 1.29 is 5.11 Å². The molecule has 0 aromatic carbocycles. The van der Waals surface area contributed by atoms with Gasteiger partial charge in [0.1, 0.15) is 5.82 Å². The molecule has 0 saturated carbocycles. The molecule has 0 saturated heterocycles. The molecule has 6 nitrogen and oxygen atoms in total. The minimum atomic E-state index is 0.00958. The van der Waals surface area contributed by atoms with Crippen LogP contribution in [0.4, 0.5) is 11.6 Å². The second-order valence-electron chi connectivity index (χ2n) is 5.37.